The lowest BCUT2D eigenvalue weighted by Crippen LogP contribution is -2.46. The van der Waals surface area contributed by atoms with Gasteiger partial charge in [-0.1, -0.05) is 50.1 Å². The van der Waals surface area contributed by atoms with Crippen molar-refractivity contribution in [2.45, 2.75) is 38.6 Å². The van der Waals surface area contributed by atoms with Crippen molar-refractivity contribution in [2.75, 3.05) is 18.6 Å². The van der Waals surface area contributed by atoms with Crippen molar-refractivity contribution in [2.24, 2.45) is 0 Å². The number of thioether (sulfide) groups is 1. The second-order valence-corrected chi connectivity index (χ2v) is 8.29. The molecular weight excluding hydrogens is 356 g/mol. The zero-order valence-corrected chi connectivity index (χ0v) is 16.5. The van der Waals surface area contributed by atoms with Crippen LogP contribution >= 0.6 is 11.8 Å². The minimum Gasteiger partial charge on any atom is -0.355 e. The molecule has 1 aromatic carbocycles. The van der Waals surface area contributed by atoms with E-state index in [4.69, 9.17) is 0 Å². The summed E-state index contributed by atoms with van der Waals surface area (Å²) in [6.07, 6.45) is 6.93. The van der Waals surface area contributed by atoms with E-state index in [0.717, 1.165) is 30.2 Å². The molecule has 1 aromatic rings. The monoisotopic (exact) mass is 384 g/mol. The third-order valence-electron chi connectivity index (χ3n) is 3.55. The Morgan fingerprint density at radius 3 is 2.60 bits per heavy atom. The quantitative estimate of drug-likeness (QED) is 0.543. The van der Waals surface area contributed by atoms with Crippen LogP contribution in [0.15, 0.2) is 35.7 Å². The van der Waals surface area contributed by atoms with Crippen molar-refractivity contribution in [3.63, 3.8) is 0 Å². The average molecular weight is 385 g/mol. The van der Waals surface area contributed by atoms with Crippen molar-refractivity contribution in [1.82, 2.24) is 10.0 Å². The number of unbranched alkanes of at least 4 members (excludes halogenated alkanes) is 2. The highest BCUT2D eigenvalue weighted by molar-refractivity contribution is 7.98. The summed E-state index contributed by atoms with van der Waals surface area (Å²) in [5.41, 5.74) is 0.789. The molecule has 7 heteroatoms. The molecule has 0 saturated heterocycles. The first-order valence-electron chi connectivity index (χ1n) is 8.50. The number of hydrogen-bond donors (Lipinski definition) is 2. The zero-order valence-electron chi connectivity index (χ0n) is 14.9. The summed E-state index contributed by atoms with van der Waals surface area (Å²) in [6, 6.07) is 8.43. The van der Waals surface area contributed by atoms with Crippen LogP contribution in [0.2, 0.25) is 0 Å². The lowest BCUT2D eigenvalue weighted by Gasteiger charge is -2.17. The lowest BCUT2D eigenvalue weighted by atomic mass is 10.2. The minimum atomic E-state index is -3.69. The molecule has 1 amide bonds. The summed E-state index contributed by atoms with van der Waals surface area (Å²) < 4.78 is 27.0. The van der Waals surface area contributed by atoms with Gasteiger partial charge in [0.15, 0.2) is 0 Å². The predicted octanol–water partition coefficient (Wildman–Crippen LogP) is 3.00. The smallest absolute Gasteiger partial charge is 0.238 e. The number of hydrogen-bond acceptors (Lipinski definition) is 4. The highest BCUT2D eigenvalue weighted by Crippen LogP contribution is 2.06. The van der Waals surface area contributed by atoms with Gasteiger partial charge in [-0.15, -0.1) is 0 Å². The Morgan fingerprint density at radius 1 is 1.24 bits per heavy atom. The van der Waals surface area contributed by atoms with Crippen LogP contribution in [0.5, 0.6) is 0 Å². The summed E-state index contributed by atoms with van der Waals surface area (Å²) in [5.74, 6) is 0.444. The molecule has 5 nitrogen and oxygen atoms in total. The van der Waals surface area contributed by atoms with Crippen LogP contribution in [0.3, 0.4) is 0 Å². The maximum atomic E-state index is 12.3. The minimum absolute atomic E-state index is 0.262. The maximum absolute atomic E-state index is 12.3. The summed E-state index contributed by atoms with van der Waals surface area (Å²) in [6.45, 7) is 2.67. The Labute approximate surface area is 155 Å². The van der Waals surface area contributed by atoms with E-state index in [9.17, 15) is 13.2 Å². The normalized spacial score (nSPS) is 13.0. The molecule has 0 bridgehead atoms. The highest BCUT2D eigenvalue weighted by atomic mass is 32.2. The van der Waals surface area contributed by atoms with E-state index in [1.807, 2.05) is 36.6 Å². The Bertz CT molecular complexity index is 631. The largest absolute Gasteiger partial charge is 0.355 e. The average Bonchev–Trinajstić information content (AvgIpc) is 2.61. The number of carbonyl (C=O) groups excluding carboxylic acids is 1. The summed E-state index contributed by atoms with van der Waals surface area (Å²) in [7, 11) is -3.69. The molecule has 0 heterocycles. The number of amides is 1. The first-order chi connectivity index (χ1) is 12.0. The van der Waals surface area contributed by atoms with Gasteiger partial charge in [0.2, 0.25) is 15.9 Å². The molecule has 2 N–H and O–H groups in total. The standard InChI is InChI=1S/C18H28N2O3S2/c1-3-4-8-13-19-18(21)17(11-14-24-2)20-25(22,23)15-12-16-9-6-5-7-10-16/h5-7,9-10,12,15,17,20H,3-4,8,11,13-14H2,1-2H3,(H,19,21)/b15-12+. The predicted molar refractivity (Wildman–Crippen MR) is 107 cm³/mol. The van der Waals surface area contributed by atoms with Crippen LogP contribution in [0.1, 0.15) is 38.2 Å². The SMILES string of the molecule is CCCCCNC(=O)C(CCSC)NS(=O)(=O)/C=C/c1ccccc1. The van der Waals surface area contributed by atoms with Gasteiger partial charge < -0.3 is 5.32 Å². The topological polar surface area (TPSA) is 75.3 Å². The van der Waals surface area contributed by atoms with E-state index in [-0.39, 0.29) is 5.91 Å². The lowest BCUT2D eigenvalue weighted by molar-refractivity contribution is -0.122. The molecule has 1 unspecified atom stereocenters. The molecule has 25 heavy (non-hydrogen) atoms. The number of benzene rings is 1. The molecule has 0 radical (unpaired) electrons. The highest BCUT2D eigenvalue weighted by Gasteiger charge is 2.22. The van der Waals surface area contributed by atoms with Gasteiger partial charge in [-0.2, -0.15) is 16.5 Å². The molecule has 0 aliphatic heterocycles. The third-order valence-corrected chi connectivity index (χ3v) is 5.30. The number of carbonyl (C=O) groups is 1. The summed E-state index contributed by atoms with van der Waals surface area (Å²) in [5, 5.41) is 3.93. The van der Waals surface area contributed by atoms with Crippen LogP contribution in [0.4, 0.5) is 0 Å². The molecule has 0 aliphatic rings. The van der Waals surface area contributed by atoms with Crippen molar-refractivity contribution >= 4 is 33.8 Å². The second-order valence-electron chi connectivity index (χ2n) is 5.71. The van der Waals surface area contributed by atoms with Crippen molar-refractivity contribution < 1.29 is 13.2 Å². The van der Waals surface area contributed by atoms with Gasteiger partial charge in [0, 0.05) is 12.0 Å². The fourth-order valence-corrected chi connectivity index (χ4v) is 3.67. The van der Waals surface area contributed by atoms with Gasteiger partial charge in [0.05, 0.1) is 0 Å². The van der Waals surface area contributed by atoms with Crippen LogP contribution in [-0.4, -0.2) is 38.9 Å². The first-order valence-corrected chi connectivity index (χ1v) is 11.4. The van der Waals surface area contributed by atoms with Crippen LogP contribution < -0.4 is 10.0 Å². The molecule has 0 aromatic heterocycles. The molecule has 140 valence electrons. The van der Waals surface area contributed by atoms with Crippen LogP contribution in [0.25, 0.3) is 6.08 Å². The van der Waals surface area contributed by atoms with Gasteiger partial charge in [0.1, 0.15) is 6.04 Å². The first kappa shape index (κ1) is 21.7. The van der Waals surface area contributed by atoms with Crippen molar-refractivity contribution in [3.8, 4) is 0 Å². The van der Waals surface area contributed by atoms with Gasteiger partial charge in [0.25, 0.3) is 0 Å². The molecular formula is C18H28N2O3S2. The zero-order chi connectivity index (χ0) is 18.5. The molecule has 1 atom stereocenters. The van der Waals surface area contributed by atoms with Crippen molar-refractivity contribution in [1.29, 1.82) is 0 Å². The molecule has 0 fully saturated rings. The Morgan fingerprint density at radius 2 is 1.96 bits per heavy atom. The van der Waals surface area contributed by atoms with Gasteiger partial charge in [-0.3, -0.25) is 4.79 Å². The van der Waals surface area contributed by atoms with E-state index >= 15 is 0 Å². The fraction of sp³-hybridized carbons (Fsp3) is 0.500. The molecule has 0 saturated carbocycles. The number of nitrogens with one attached hydrogen (secondary N) is 2. The second kappa shape index (κ2) is 12.1. The molecule has 0 aliphatic carbocycles. The maximum Gasteiger partial charge on any atom is 0.238 e. The van der Waals surface area contributed by atoms with Crippen LogP contribution in [0, 0.1) is 0 Å². The van der Waals surface area contributed by atoms with E-state index in [2.05, 4.69) is 17.0 Å². The third kappa shape index (κ3) is 9.67. The van der Waals surface area contributed by atoms with Crippen LogP contribution in [-0.2, 0) is 14.8 Å². The molecule has 0 spiro atoms. The molecule has 1 rings (SSSR count). The van der Waals surface area contributed by atoms with Gasteiger partial charge in [-0.05, 0) is 36.5 Å². The van der Waals surface area contributed by atoms with Crippen molar-refractivity contribution in [3.05, 3.63) is 41.3 Å². The Balaban J connectivity index is 2.68. The number of sulfonamides is 1. The number of rotatable bonds is 12. The summed E-state index contributed by atoms with van der Waals surface area (Å²) >= 11 is 1.58. The van der Waals surface area contributed by atoms with E-state index in [1.165, 1.54) is 6.08 Å². The Hall–Kier alpha value is -1.31. The van der Waals surface area contributed by atoms with E-state index in [0.29, 0.717) is 18.7 Å². The van der Waals surface area contributed by atoms with Gasteiger partial charge in [-0.25, -0.2) is 8.42 Å². The summed E-state index contributed by atoms with van der Waals surface area (Å²) in [4.78, 5) is 12.3. The van der Waals surface area contributed by atoms with E-state index < -0.39 is 16.1 Å². The Kier molecular flexibility index (Phi) is 10.5. The van der Waals surface area contributed by atoms with Gasteiger partial charge >= 0.3 is 0 Å². The van der Waals surface area contributed by atoms with E-state index in [1.54, 1.807) is 11.8 Å². The fourth-order valence-electron chi connectivity index (χ4n) is 2.16.